The predicted molar refractivity (Wildman–Crippen MR) is 568 cm³/mol. The van der Waals surface area contributed by atoms with Crippen LogP contribution in [0, 0.1) is 157 Å². The molecule has 3 aromatic carbocycles. The third kappa shape index (κ3) is 26.4. The lowest BCUT2D eigenvalue weighted by atomic mass is 9.78. The zero-order valence-electron chi connectivity index (χ0n) is 88.2. The molecule has 4 aromatic rings. The van der Waals surface area contributed by atoms with Crippen molar-refractivity contribution in [2.45, 2.75) is 325 Å². The maximum Gasteiger partial charge on any atom is 0.333 e. The quantitative estimate of drug-likeness (QED) is 0.0328. The number of aryl methyl sites for hydroxylation is 2. The Balaban J connectivity index is 0.000000188. The van der Waals surface area contributed by atoms with Gasteiger partial charge in [-0.25, -0.2) is 4.79 Å². The fourth-order valence-corrected chi connectivity index (χ4v) is 28.4. The molecule has 3 heterocycles. The molecule has 0 amide bonds. The molecule has 138 heavy (non-hydrogen) atoms. The van der Waals surface area contributed by atoms with Gasteiger partial charge in [-0.3, -0.25) is 52.7 Å². The summed E-state index contributed by atoms with van der Waals surface area (Å²) in [5.74, 6) is 9.42. The van der Waals surface area contributed by atoms with Crippen molar-refractivity contribution >= 4 is 150 Å². The number of thiophene rings is 1. The number of Topliss-reactive ketones (excluding diaryl/α,β-unsaturated/α-hetero) is 10. The predicted octanol–water partition coefficient (Wildman–Crippen LogP) is 29.5. The summed E-state index contributed by atoms with van der Waals surface area (Å²) in [6, 6.07) is 31.5. The maximum absolute atomic E-state index is 11.7. The zero-order valence-corrected chi connectivity index (χ0v) is 93.6. The van der Waals surface area contributed by atoms with E-state index in [1.807, 2.05) is 84.0 Å². The van der Waals surface area contributed by atoms with Crippen LogP contribution in [0.4, 0.5) is 0 Å². The average Bonchev–Trinajstić information content (AvgIpc) is 1.49. The first-order valence-corrected chi connectivity index (χ1v) is 54.1. The Labute approximate surface area is 860 Å². The highest BCUT2D eigenvalue weighted by molar-refractivity contribution is 8.14. The summed E-state index contributed by atoms with van der Waals surface area (Å²) >= 11 is 31.8. The Hall–Kier alpha value is -6.48. The van der Waals surface area contributed by atoms with Crippen LogP contribution in [0.25, 0.3) is 0 Å². The van der Waals surface area contributed by atoms with Crippen molar-refractivity contribution in [2.75, 3.05) is 12.4 Å². The number of benzene rings is 3. The maximum atomic E-state index is 11.7. The molecule has 2 saturated heterocycles. The van der Waals surface area contributed by atoms with Crippen LogP contribution in [0.5, 0.6) is 0 Å². The van der Waals surface area contributed by atoms with E-state index in [1.165, 1.54) is 110 Å². The second-order valence-corrected chi connectivity index (χ2v) is 50.4. The number of allylic oxidation sites excluding steroid dienone is 5. The SMILES string of the molecule is CC.CC(=O)C1C(C#CCl)C1(C)C.CC(=O)C1C(C=C(Cl)Cl)C12CCC2.CC(=O)C1C(C=C2CCOC2=O)C1(C)C.CC(=O)C1C(C=C2CCSC2=O)C1(C)C.CC(=O)C1C(c2ccc(C)cc2)C1(C)C.CC(=O)C1C(c2ccc(C)cc2)C1(Cl)Cl.CC(=O)C1C(c2cccs2)C1(C)C.CC/C(=C/C1C(C(C)=O)C1(C)C)C(C)=O.CC1(c2ccccc2)CC1.CCCC1(C)C(C(C)=O)C12CCCC2. The third-order valence-corrected chi connectivity index (χ3v) is 37.1. The normalized spacial score (nSPS) is 30.9. The number of rotatable bonds is 21. The molecule has 20 heteroatoms. The lowest BCUT2D eigenvalue weighted by molar-refractivity contribution is -0.135. The fraction of sp³-hybridized carbons (Fsp3) is 0.627. The van der Waals surface area contributed by atoms with Crippen molar-refractivity contribution in [3.63, 3.8) is 0 Å². The number of hydrogen-bond acceptors (Lipinski definition) is 15. The first kappa shape index (κ1) is 117. The largest absolute Gasteiger partial charge is 0.462 e. The molecule has 1 aromatic heterocycles. The van der Waals surface area contributed by atoms with Crippen molar-refractivity contribution in [1.29, 1.82) is 0 Å². The molecule has 12 aliphatic carbocycles. The van der Waals surface area contributed by atoms with E-state index < -0.39 is 4.33 Å². The van der Waals surface area contributed by atoms with Crippen molar-refractivity contribution in [3.8, 4) is 11.3 Å². The summed E-state index contributed by atoms with van der Waals surface area (Å²) in [7, 11) is 0. The van der Waals surface area contributed by atoms with Gasteiger partial charge in [0.2, 0.25) is 5.12 Å². The van der Waals surface area contributed by atoms with Gasteiger partial charge in [0.1, 0.15) is 60.9 Å². The van der Waals surface area contributed by atoms with Gasteiger partial charge in [0.05, 0.1) is 12.5 Å². The van der Waals surface area contributed by atoms with Gasteiger partial charge in [-0.2, -0.15) is 0 Å². The summed E-state index contributed by atoms with van der Waals surface area (Å²) in [5.41, 5.74) is 11.0. The molecule has 13 nitrogen and oxygen atoms in total. The number of halogens is 5. The Bertz CT molecular complexity index is 5090. The number of ether oxygens (including phenoxy) is 1. The minimum Gasteiger partial charge on any atom is -0.462 e. The molecule has 18 unspecified atom stereocenters. The molecule has 0 radical (unpaired) electrons. The molecule has 2 aliphatic heterocycles. The van der Waals surface area contributed by atoms with Gasteiger partial charge in [-0.05, 0) is 276 Å². The van der Waals surface area contributed by atoms with E-state index in [0.717, 1.165) is 40.9 Å². The highest BCUT2D eigenvalue weighted by Crippen LogP contribution is 2.78. The second kappa shape index (κ2) is 46.3. The topological polar surface area (TPSA) is 214 Å². The third-order valence-electron chi connectivity index (χ3n) is 33.9. The van der Waals surface area contributed by atoms with Gasteiger partial charge in [0, 0.05) is 98.7 Å². The summed E-state index contributed by atoms with van der Waals surface area (Å²) in [6.07, 6.45) is 24.3. The number of carbonyl (C=O) groups excluding carboxylic acids is 12. The number of carbonyl (C=O) groups is 12. The molecular formula is C118H159Cl5O13S2. The van der Waals surface area contributed by atoms with E-state index in [1.54, 1.807) is 80.6 Å². The van der Waals surface area contributed by atoms with Crippen LogP contribution in [0.3, 0.4) is 0 Å². The lowest BCUT2D eigenvalue weighted by Gasteiger charge is -2.27. The minimum absolute atomic E-state index is 0.0156. The molecule has 12 saturated carbocycles. The molecular weight excluding hydrogens is 1870 g/mol. The van der Waals surface area contributed by atoms with Crippen molar-refractivity contribution in [1.82, 2.24) is 0 Å². The highest BCUT2D eigenvalue weighted by atomic mass is 35.5. The van der Waals surface area contributed by atoms with Gasteiger partial charge in [-0.15, -0.1) is 34.5 Å². The molecule has 14 aliphatic rings. The number of esters is 1. The van der Waals surface area contributed by atoms with Crippen LogP contribution >= 0.6 is 81.1 Å². The molecule has 756 valence electrons. The summed E-state index contributed by atoms with van der Waals surface area (Å²) in [4.78, 5) is 137. The smallest absolute Gasteiger partial charge is 0.333 e. The van der Waals surface area contributed by atoms with E-state index >= 15 is 0 Å². The number of cyclic esters (lactones) is 1. The Morgan fingerprint density at radius 1 is 0.464 bits per heavy atom. The van der Waals surface area contributed by atoms with Gasteiger partial charge < -0.3 is 4.74 Å². The van der Waals surface area contributed by atoms with Crippen molar-refractivity contribution < 1.29 is 62.3 Å². The lowest BCUT2D eigenvalue weighted by Crippen LogP contribution is -2.18. The Kier molecular flexibility index (Phi) is 39.2. The number of hydrogen-bond donors (Lipinski definition) is 0. The summed E-state index contributed by atoms with van der Waals surface area (Å²) in [5, 5.41) is 4.63. The van der Waals surface area contributed by atoms with Crippen molar-refractivity contribution in [3.05, 3.63) is 175 Å². The number of thioether (sulfide) groups is 1. The van der Waals surface area contributed by atoms with E-state index in [0.29, 0.717) is 74.8 Å². The van der Waals surface area contributed by atoms with Gasteiger partial charge in [0.25, 0.3) is 0 Å². The molecule has 2 spiro atoms. The van der Waals surface area contributed by atoms with Crippen LogP contribution in [-0.4, -0.2) is 85.6 Å². The molecule has 14 fully saturated rings. The van der Waals surface area contributed by atoms with E-state index in [4.69, 9.17) is 62.7 Å². The van der Waals surface area contributed by atoms with Gasteiger partial charge in [0.15, 0.2) is 5.78 Å². The van der Waals surface area contributed by atoms with Crippen LogP contribution in [-0.2, 0) is 67.7 Å². The second-order valence-electron chi connectivity index (χ2n) is 45.7. The number of ketones is 10. The van der Waals surface area contributed by atoms with Crippen LogP contribution in [0.15, 0.2) is 142 Å². The first-order chi connectivity index (χ1) is 64.1. The van der Waals surface area contributed by atoms with E-state index in [2.05, 4.69) is 186 Å². The van der Waals surface area contributed by atoms with Crippen molar-refractivity contribution in [2.24, 2.45) is 132 Å². The Morgan fingerprint density at radius 2 is 0.913 bits per heavy atom. The van der Waals surface area contributed by atoms with Crippen LogP contribution in [0.2, 0.25) is 0 Å². The van der Waals surface area contributed by atoms with Gasteiger partial charge >= 0.3 is 5.97 Å². The van der Waals surface area contributed by atoms with E-state index in [9.17, 15) is 57.5 Å². The number of alkyl halides is 2. The molecule has 18 atom stereocenters. The Morgan fingerprint density at radius 3 is 1.24 bits per heavy atom. The monoisotopic (exact) mass is 2020 g/mol. The first-order valence-electron chi connectivity index (χ1n) is 50.4. The fourth-order valence-electron chi connectivity index (χ4n) is 25.1. The van der Waals surface area contributed by atoms with E-state index in [-0.39, 0.29) is 166 Å². The van der Waals surface area contributed by atoms with Crippen LogP contribution in [0.1, 0.15) is 334 Å². The minimum atomic E-state index is -0.902. The molecule has 0 N–H and O–H groups in total. The summed E-state index contributed by atoms with van der Waals surface area (Å²) < 4.78 is 4.27. The zero-order chi connectivity index (χ0) is 104. The van der Waals surface area contributed by atoms with Crippen LogP contribution < -0.4 is 0 Å². The average molecular weight is 2030 g/mol. The van der Waals surface area contributed by atoms with Gasteiger partial charge in [-0.1, -0.05) is 305 Å². The summed E-state index contributed by atoms with van der Waals surface area (Å²) in [6.45, 7) is 59.4. The molecule has 0 bridgehead atoms. The molecule has 18 rings (SSSR count). The standard InChI is InChI=1S/C14H18O.C13H20O2.C13H22O.C12H12Cl2O.C12H16O3.C12H16O2S.C11H14OS.C10H12Cl2O.C10H12.C9H11ClO.C2H6/c1-9-5-7-11(8-6-9)13-12(10(2)15)14(13,3)4;1-6-10(8(2)14)7-11-12(9(3)15)13(11,4)5;1-4-7-12(3)11(10(2)14)13(12)8-5-6-9-13;1-7-3-5-9(6-4-7)11-10(8(2)15)12(11,13)14;2*1-7(13)10-9(12(10,2)3)6-8-4-5-15-11(8)14;1-7(12)9-10(11(9,2)3)8-5-4-6-13-8;1-6(13)9-7(5-8(11)12)10(9)3-2-4-10;1-10(7-8-10)9-5-3-2-4-6-9;1-6(11)8-7(4-5-10)9(8,2)3;1-2/h5-8,12-13H,1-4H3;7,11-12H,6H2,1-5H3;11H,4-9H2,1-3H3;3-6,10-11H,1-2H3;2*6,9-10H,4-5H2,1-3H3;4-6,9-10H,1-3H3;5,7,9H,2-4H2,1H3;2-6H,7-8H2,1H3;7-8H,1-3H3;1-2H3/b;10-7-;;;;;;;;;. The highest BCUT2D eigenvalue weighted by Gasteiger charge is 2.75.